The average Bonchev–Trinajstić information content (AvgIpc) is 3.58. The molecule has 4 N–H and O–H groups in total. The Hall–Kier alpha value is -5.63. The molecular formula is C31H27F4N7O6. The topological polar surface area (TPSA) is 177 Å². The summed E-state index contributed by atoms with van der Waals surface area (Å²) in [6.07, 6.45) is -5.48. The number of carbonyl (C=O) groups is 2. The number of nitrogens with zero attached hydrogens (tertiary/aromatic N) is 4. The van der Waals surface area contributed by atoms with Crippen LogP contribution in [0.1, 0.15) is 33.6 Å². The van der Waals surface area contributed by atoms with Crippen LogP contribution in [-0.4, -0.2) is 92.6 Å². The summed E-state index contributed by atoms with van der Waals surface area (Å²) in [6.45, 7) is 0.416. The number of amides is 2. The zero-order valence-corrected chi connectivity index (χ0v) is 24.9. The number of aromatic amines is 2. The summed E-state index contributed by atoms with van der Waals surface area (Å²) in [5, 5.41) is 22.6. The van der Waals surface area contributed by atoms with Gasteiger partial charge in [-0.2, -0.15) is 22.8 Å². The molecule has 17 heteroatoms. The second-order valence-electron chi connectivity index (χ2n) is 11.2. The molecule has 2 aliphatic rings. The van der Waals surface area contributed by atoms with Crippen LogP contribution in [0.2, 0.25) is 0 Å². The maximum absolute atomic E-state index is 13.3. The number of aromatic nitrogens is 3. The number of ether oxygens (including phenoxy) is 2. The van der Waals surface area contributed by atoms with Crippen LogP contribution in [0, 0.1) is 11.5 Å². The van der Waals surface area contributed by atoms with Gasteiger partial charge in [-0.15, -0.1) is 0 Å². The van der Waals surface area contributed by atoms with E-state index in [1.54, 1.807) is 4.90 Å². The van der Waals surface area contributed by atoms with Gasteiger partial charge in [-0.1, -0.05) is 6.07 Å². The average molecular weight is 670 g/mol. The Bertz CT molecular complexity index is 1920. The molecule has 6 rings (SSSR count). The molecule has 2 amide bonds. The van der Waals surface area contributed by atoms with Gasteiger partial charge < -0.3 is 34.8 Å². The third kappa shape index (κ3) is 6.34. The maximum atomic E-state index is 13.3. The summed E-state index contributed by atoms with van der Waals surface area (Å²) in [4.78, 5) is 52.5. The molecule has 250 valence electrons. The van der Waals surface area contributed by atoms with Gasteiger partial charge in [0.05, 0.1) is 27.8 Å². The Balaban J connectivity index is 1.14. The molecule has 2 aliphatic heterocycles. The lowest BCUT2D eigenvalue weighted by Crippen LogP contribution is -2.46. The Kier molecular flexibility index (Phi) is 8.67. The van der Waals surface area contributed by atoms with Crippen molar-refractivity contribution in [3.05, 3.63) is 70.1 Å². The number of carbonyl (C=O) groups excluding carboxylic acids is 2. The molecule has 0 unspecified atom stereocenters. The summed E-state index contributed by atoms with van der Waals surface area (Å²) in [6, 6.07) is 8.85. The number of aliphatic hydroxyl groups is 1. The van der Waals surface area contributed by atoms with E-state index in [1.165, 1.54) is 41.4 Å². The van der Waals surface area contributed by atoms with E-state index in [1.807, 2.05) is 0 Å². The smallest absolute Gasteiger partial charge is 0.461 e. The molecule has 4 aromatic rings. The number of aliphatic hydroxyl groups excluding tert-OH is 1. The van der Waals surface area contributed by atoms with Crippen molar-refractivity contribution in [2.24, 2.45) is 0 Å². The predicted octanol–water partition coefficient (Wildman–Crippen LogP) is 3.55. The highest BCUT2D eigenvalue weighted by Gasteiger charge is 2.44. The number of rotatable bonds is 11. The minimum absolute atomic E-state index is 0.0212. The predicted molar refractivity (Wildman–Crippen MR) is 161 cm³/mol. The van der Waals surface area contributed by atoms with Gasteiger partial charge in [0.15, 0.2) is 6.19 Å². The van der Waals surface area contributed by atoms with Crippen molar-refractivity contribution < 1.29 is 41.7 Å². The van der Waals surface area contributed by atoms with Crippen LogP contribution in [0.25, 0.3) is 22.4 Å². The number of likely N-dealkylation sites (tertiary alicyclic amines) is 1. The summed E-state index contributed by atoms with van der Waals surface area (Å²) in [5.41, 5.74) is 0.964. The largest absolute Gasteiger partial charge is 0.491 e. The number of imidazole rings is 1. The number of anilines is 1. The number of hydrogen-bond acceptors (Lipinski definition) is 10. The van der Waals surface area contributed by atoms with Crippen LogP contribution < -0.4 is 20.3 Å². The molecule has 0 spiro atoms. The van der Waals surface area contributed by atoms with Gasteiger partial charge in [0, 0.05) is 37.9 Å². The van der Waals surface area contributed by atoms with Gasteiger partial charge in [-0.3, -0.25) is 19.3 Å². The van der Waals surface area contributed by atoms with Crippen molar-refractivity contribution in [2.45, 2.75) is 37.5 Å². The van der Waals surface area contributed by atoms with E-state index in [0.717, 1.165) is 12.1 Å². The van der Waals surface area contributed by atoms with Gasteiger partial charge >= 0.3 is 12.5 Å². The first-order chi connectivity index (χ1) is 22.9. The fraction of sp³-hybridized carbons (Fsp3) is 0.323. The summed E-state index contributed by atoms with van der Waals surface area (Å²) < 4.78 is 60.8. The highest BCUT2D eigenvalue weighted by Crippen LogP contribution is 2.33. The highest BCUT2D eigenvalue weighted by atomic mass is 19.3. The number of hydrogen-bond donors (Lipinski definition) is 4. The molecule has 2 aromatic carbocycles. The van der Waals surface area contributed by atoms with Crippen LogP contribution in [-0.2, 0) is 0 Å². The third-order valence-electron chi connectivity index (χ3n) is 7.97. The Morgan fingerprint density at radius 2 is 1.79 bits per heavy atom. The first kappa shape index (κ1) is 32.3. The van der Waals surface area contributed by atoms with E-state index < -0.39 is 41.8 Å². The third-order valence-corrected chi connectivity index (χ3v) is 7.97. The zero-order chi connectivity index (χ0) is 34.2. The van der Waals surface area contributed by atoms with Crippen molar-refractivity contribution in [1.82, 2.24) is 24.8 Å². The number of piperidine rings is 1. The molecule has 0 saturated carbocycles. The number of imide groups is 1. The molecule has 2 aromatic heterocycles. The lowest BCUT2D eigenvalue weighted by Gasteiger charge is -2.33. The molecule has 1 atom stereocenters. The van der Waals surface area contributed by atoms with Crippen LogP contribution >= 0.6 is 0 Å². The molecular weight excluding hydrogens is 642 g/mol. The van der Waals surface area contributed by atoms with Gasteiger partial charge in [-0.25, -0.2) is 4.98 Å². The molecule has 4 heterocycles. The van der Waals surface area contributed by atoms with E-state index in [9.17, 15) is 37.1 Å². The molecule has 48 heavy (non-hydrogen) atoms. The van der Waals surface area contributed by atoms with Crippen LogP contribution in [0.3, 0.4) is 0 Å². The van der Waals surface area contributed by atoms with Gasteiger partial charge in [0.1, 0.15) is 35.6 Å². The Morgan fingerprint density at radius 1 is 1.08 bits per heavy atom. The Labute approximate surface area is 268 Å². The van der Waals surface area contributed by atoms with Gasteiger partial charge in [0.2, 0.25) is 0 Å². The lowest BCUT2D eigenvalue weighted by molar-refractivity contribution is -0.253. The summed E-state index contributed by atoms with van der Waals surface area (Å²) in [7, 11) is 0. The van der Waals surface area contributed by atoms with Crippen molar-refractivity contribution in [3.63, 3.8) is 0 Å². The van der Waals surface area contributed by atoms with Gasteiger partial charge in [-0.05, 0) is 43.2 Å². The quantitative estimate of drug-likeness (QED) is 0.105. The van der Waals surface area contributed by atoms with Gasteiger partial charge in [0.25, 0.3) is 17.4 Å². The van der Waals surface area contributed by atoms with E-state index in [4.69, 9.17) is 10.00 Å². The summed E-state index contributed by atoms with van der Waals surface area (Å²) in [5.74, 6) is -1.34. The minimum Gasteiger partial charge on any atom is -0.491 e. The molecule has 1 saturated heterocycles. The number of fused-ring (bicyclic) bond motifs is 2. The Morgan fingerprint density at radius 3 is 2.50 bits per heavy atom. The standard InChI is InChI=1S/C31H27F4N7O6/c32-30(33)31(34,35)48-19-3-1-2-18(10-19)47-14-17(43)13-38-22-4-7-37-27(44)25(22)26-39-23-11-20-21(12-24(23)40-26)29(46)42(28(20)45)16-5-8-41(15-36)9-6-16/h1-4,7,10-12,16-17,30,43H,5-6,8-9,13-14H2,(H,39,40)(H2,37,38,44)/t17-/m1/s1. The van der Waals surface area contributed by atoms with E-state index >= 15 is 0 Å². The van der Waals surface area contributed by atoms with Crippen molar-refractivity contribution in [1.29, 1.82) is 5.26 Å². The number of nitrogens with one attached hydrogen (secondary N) is 3. The van der Waals surface area contributed by atoms with Crippen molar-refractivity contribution >= 4 is 28.5 Å². The first-order valence-corrected chi connectivity index (χ1v) is 14.7. The van der Waals surface area contributed by atoms with Crippen LogP contribution in [0.4, 0.5) is 23.2 Å². The van der Waals surface area contributed by atoms with E-state index in [-0.39, 0.29) is 53.1 Å². The van der Waals surface area contributed by atoms with E-state index in [0.29, 0.717) is 37.0 Å². The number of alkyl halides is 4. The lowest BCUT2D eigenvalue weighted by atomic mass is 10.0. The minimum atomic E-state index is -4.69. The maximum Gasteiger partial charge on any atom is 0.461 e. The second-order valence-corrected chi connectivity index (χ2v) is 11.2. The molecule has 0 radical (unpaired) electrons. The number of H-pyrrole nitrogens is 2. The van der Waals surface area contributed by atoms with Crippen molar-refractivity contribution in [2.75, 3.05) is 31.6 Å². The zero-order valence-electron chi connectivity index (χ0n) is 24.9. The number of nitriles is 1. The molecule has 13 nitrogen and oxygen atoms in total. The molecule has 1 fully saturated rings. The first-order valence-electron chi connectivity index (χ1n) is 14.7. The second kappa shape index (κ2) is 12.9. The normalized spacial score (nSPS) is 15.9. The highest BCUT2D eigenvalue weighted by molar-refractivity contribution is 6.23. The van der Waals surface area contributed by atoms with E-state index in [2.05, 4.69) is 31.2 Å². The SMILES string of the molecule is N#CN1CCC(N2C(=O)c3cc4nc(-c5c(NC[C@@H](O)COc6cccc(OC(F)(F)C(F)F)c6)cc[nH]c5=O)[nH]c4cc3C2=O)CC1. The molecule has 0 aliphatic carbocycles. The fourth-order valence-corrected chi connectivity index (χ4v) is 5.61. The number of benzene rings is 2. The number of pyridine rings is 1. The molecule has 0 bridgehead atoms. The monoisotopic (exact) mass is 669 g/mol. The van der Waals surface area contributed by atoms with Crippen LogP contribution in [0.5, 0.6) is 11.5 Å². The van der Waals surface area contributed by atoms with Crippen LogP contribution in [0.15, 0.2) is 53.5 Å². The summed E-state index contributed by atoms with van der Waals surface area (Å²) >= 11 is 0. The van der Waals surface area contributed by atoms with Crippen molar-refractivity contribution in [3.8, 4) is 29.1 Å². The fourth-order valence-electron chi connectivity index (χ4n) is 5.61. The number of halogens is 4.